The first kappa shape index (κ1) is 13.3. The number of aryl methyl sites for hydroxylation is 3. The van der Waals surface area contributed by atoms with E-state index in [4.69, 9.17) is 10.3 Å². The molecule has 0 bridgehead atoms. The lowest BCUT2D eigenvalue weighted by atomic mass is 10.1. The Kier molecular flexibility index (Phi) is 3.17. The lowest BCUT2D eigenvalue weighted by Crippen LogP contribution is -1.93. The van der Waals surface area contributed by atoms with Gasteiger partial charge in [-0.05, 0) is 44.5 Å². The zero-order valence-electron chi connectivity index (χ0n) is 12.2. The maximum absolute atomic E-state index is 6.01. The molecule has 2 heterocycles. The Labute approximate surface area is 122 Å². The lowest BCUT2D eigenvalue weighted by molar-refractivity contribution is 0.432. The van der Waals surface area contributed by atoms with Crippen LogP contribution in [0.2, 0.25) is 0 Å². The van der Waals surface area contributed by atoms with Crippen molar-refractivity contribution in [1.82, 2.24) is 15.1 Å². The summed E-state index contributed by atoms with van der Waals surface area (Å²) in [5, 5.41) is 4.06. The zero-order valence-corrected chi connectivity index (χ0v) is 12.2. The third-order valence-electron chi connectivity index (χ3n) is 3.28. The fourth-order valence-corrected chi connectivity index (χ4v) is 2.39. The van der Waals surface area contributed by atoms with Crippen molar-refractivity contribution in [3.05, 3.63) is 47.3 Å². The Morgan fingerprint density at radius 1 is 1.00 bits per heavy atom. The Morgan fingerprint density at radius 3 is 2.38 bits per heavy atom. The van der Waals surface area contributed by atoms with Gasteiger partial charge in [0.05, 0.1) is 5.56 Å². The molecule has 0 atom stereocenters. The van der Waals surface area contributed by atoms with E-state index in [2.05, 4.69) is 15.1 Å². The molecule has 2 aromatic heterocycles. The summed E-state index contributed by atoms with van der Waals surface area (Å²) in [5.74, 6) is 0.981. The number of benzene rings is 1. The predicted molar refractivity (Wildman–Crippen MR) is 81.6 cm³/mol. The van der Waals surface area contributed by atoms with Crippen LogP contribution in [-0.2, 0) is 0 Å². The molecule has 2 N–H and O–H groups in total. The van der Waals surface area contributed by atoms with Crippen LogP contribution in [0.4, 0.5) is 5.69 Å². The van der Waals surface area contributed by atoms with Gasteiger partial charge in [0.2, 0.25) is 5.82 Å². The molecule has 0 unspecified atom stereocenters. The fraction of sp³-hybridized carbons (Fsp3) is 0.188. The second-order valence-electron chi connectivity index (χ2n) is 5.10. The zero-order chi connectivity index (χ0) is 15.0. The highest BCUT2D eigenvalue weighted by Gasteiger charge is 2.15. The van der Waals surface area contributed by atoms with Gasteiger partial charge in [-0.2, -0.15) is 4.98 Å². The molecule has 0 aliphatic heterocycles. The van der Waals surface area contributed by atoms with E-state index in [0.717, 1.165) is 28.1 Å². The minimum absolute atomic E-state index is 0.438. The summed E-state index contributed by atoms with van der Waals surface area (Å²) in [7, 11) is 0. The van der Waals surface area contributed by atoms with Crippen LogP contribution in [0.5, 0.6) is 0 Å². The average molecular weight is 280 g/mol. The van der Waals surface area contributed by atoms with E-state index in [1.807, 2.05) is 51.1 Å². The van der Waals surface area contributed by atoms with Crippen molar-refractivity contribution in [1.29, 1.82) is 0 Å². The molecule has 21 heavy (non-hydrogen) atoms. The Balaban J connectivity index is 2.08. The summed E-state index contributed by atoms with van der Waals surface area (Å²) in [6.45, 7) is 5.85. The molecule has 106 valence electrons. The van der Waals surface area contributed by atoms with E-state index < -0.39 is 0 Å². The van der Waals surface area contributed by atoms with Crippen molar-refractivity contribution in [3.63, 3.8) is 0 Å². The lowest BCUT2D eigenvalue weighted by Gasteiger charge is -2.03. The average Bonchev–Trinajstić information content (AvgIpc) is 2.87. The van der Waals surface area contributed by atoms with Crippen LogP contribution < -0.4 is 5.73 Å². The molecule has 3 rings (SSSR count). The molecule has 0 saturated carbocycles. The molecular weight excluding hydrogens is 264 g/mol. The topological polar surface area (TPSA) is 77.8 Å². The van der Waals surface area contributed by atoms with Crippen LogP contribution in [0.1, 0.15) is 17.0 Å². The number of nitrogens with two attached hydrogens (primary N) is 1. The first-order valence-electron chi connectivity index (χ1n) is 6.69. The van der Waals surface area contributed by atoms with Crippen LogP contribution in [0, 0.1) is 20.8 Å². The third kappa shape index (κ3) is 2.50. The molecule has 1 aromatic carbocycles. The van der Waals surface area contributed by atoms with Gasteiger partial charge in [-0.3, -0.25) is 4.98 Å². The number of hydrogen-bond donors (Lipinski definition) is 1. The molecule has 0 aliphatic rings. The van der Waals surface area contributed by atoms with Crippen molar-refractivity contribution in [2.75, 3.05) is 5.73 Å². The van der Waals surface area contributed by atoms with Gasteiger partial charge in [0, 0.05) is 22.6 Å². The molecule has 5 heteroatoms. The molecule has 0 fully saturated rings. The van der Waals surface area contributed by atoms with Crippen molar-refractivity contribution >= 4 is 5.69 Å². The summed E-state index contributed by atoms with van der Waals surface area (Å²) < 4.78 is 5.38. The van der Waals surface area contributed by atoms with Crippen molar-refractivity contribution in [2.45, 2.75) is 20.8 Å². The smallest absolute Gasteiger partial charge is 0.260 e. The van der Waals surface area contributed by atoms with Gasteiger partial charge < -0.3 is 10.3 Å². The van der Waals surface area contributed by atoms with Crippen LogP contribution in [-0.4, -0.2) is 15.1 Å². The number of anilines is 1. The van der Waals surface area contributed by atoms with E-state index in [9.17, 15) is 0 Å². The van der Waals surface area contributed by atoms with Gasteiger partial charge in [-0.25, -0.2) is 0 Å². The van der Waals surface area contributed by atoms with Gasteiger partial charge in [0.25, 0.3) is 5.89 Å². The number of nitrogens with zero attached hydrogens (tertiary/aromatic N) is 3. The van der Waals surface area contributed by atoms with Crippen LogP contribution >= 0.6 is 0 Å². The minimum Gasteiger partial charge on any atom is -0.398 e. The maximum atomic E-state index is 6.01. The molecule has 5 nitrogen and oxygen atoms in total. The molecule has 0 amide bonds. The number of hydrogen-bond acceptors (Lipinski definition) is 5. The third-order valence-corrected chi connectivity index (χ3v) is 3.28. The van der Waals surface area contributed by atoms with Crippen molar-refractivity contribution in [3.8, 4) is 22.8 Å². The predicted octanol–water partition coefficient (Wildman–Crippen LogP) is 3.31. The normalized spacial score (nSPS) is 10.8. The van der Waals surface area contributed by atoms with Gasteiger partial charge in [0.1, 0.15) is 0 Å². The van der Waals surface area contributed by atoms with Gasteiger partial charge in [0.15, 0.2) is 0 Å². The van der Waals surface area contributed by atoms with E-state index in [1.165, 1.54) is 0 Å². The number of aromatic nitrogens is 3. The van der Waals surface area contributed by atoms with Crippen molar-refractivity contribution < 1.29 is 4.52 Å². The summed E-state index contributed by atoms with van der Waals surface area (Å²) in [4.78, 5) is 8.82. The SMILES string of the molecule is Cc1cc(-c2noc(-c3c(C)cccc3N)n2)cc(C)n1. The number of pyridine rings is 1. The highest BCUT2D eigenvalue weighted by molar-refractivity contribution is 5.74. The molecule has 0 aliphatic carbocycles. The molecule has 0 radical (unpaired) electrons. The van der Waals surface area contributed by atoms with E-state index in [1.54, 1.807) is 0 Å². The van der Waals surface area contributed by atoms with E-state index in [-0.39, 0.29) is 0 Å². The van der Waals surface area contributed by atoms with Gasteiger partial charge >= 0.3 is 0 Å². The second kappa shape index (κ2) is 5.01. The summed E-state index contributed by atoms with van der Waals surface area (Å²) >= 11 is 0. The summed E-state index contributed by atoms with van der Waals surface area (Å²) in [6, 6.07) is 9.57. The standard InChI is InChI=1S/C16H16N4O/c1-9-5-4-6-13(17)14(9)16-19-15(20-21-16)12-7-10(2)18-11(3)8-12/h4-8H,17H2,1-3H3. The molecule has 0 spiro atoms. The van der Waals surface area contributed by atoms with Crippen LogP contribution in [0.25, 0.3) is 22.8 Å². The first-order chi connectivity index (χ1) is 10.0. The highest BCUT2D eigenvalue weighted by Crippen LogP contribution is 2.29. The molecule has 3 aromatic rings. The highest BCUT2D eigenvalue weighted by atomic mass is 16.5. The largest absolute Gasteiger partial charge is 0.398 e. The maximum Gasteiger partial charge on any atom is 0.260 e. The second-order valence-corrected chi connectivity index (χ2v) is 5.10. The van der Waals surface area contributed by atoms with E-state index in [0.29, 0.717) is 17.4 Å². The Morgan fingerprint density at radius 2 is 1.71 bits per heavy atom. The van der Waals surface area contributed by atoms with Crippen LogP contribution in [0.15, 0.2) is 34.9 Å². The summed E-state index contributed by atoms with van der Waals surface area (Å²) in [6.07, 6.45) is 0. The van der Waals surface area contributed by atoms with Gasteiger partial charge in [-0.1, -0.05) is 17.3 Å². The Hall–Kier alpha value is -2.69. The first-order valence-corrected chi connectivity index (χ1v) is 6.69. The minimum atomic E-state index is 0.438. The monoisotopic (exact) mass is 280 g/mol. The Bertz CT molecular complexity index is 767. The molecular formula is C16H16N4O. The van der Waals surface area contributed by atoms with Crippen molar-refractivity contribution in [2.24, 2.45) is 0 Å². The van der Waals surface area contributed by atoms with E-state index >= 15 is 0 Å². The van der Waals surface area contributed by atoms with Gasteiger partial charge in [-0.15, -0.1) is 0 Å². The summed E-state index contributed by atoms with van der Waals surface area (Å²) in [5.41, 5.74) is 11.2. The fourth-order valence-electron chi connectivity index (χ4n) is 2.39. The molecule has 0 saturated heterocycles. The van der Waals surface area contributed by atoms with Crippen LogP contribution in [0.3, 0.4) is 0 Å². The number of rotatable bonds is 2. The number of nitrogen functional groups attached to an aromatic ring is 1. The quantitative estimate of drug-likeness (QED) is 0.729.